The minimum atomic E-state index is -0.398. The van der Waals surface area contributed by atoms with E-state index in [0.717, 1.165) is 18.1 Å². The van der Waals surface area contributed by atoms with E-state index in [1.54, 1.807) is 30.5 Å². The molecule has 0 radical (unpaired) electrons. The lowest BCUT2D eigenvalue weighted by Crippen LogP contribution is -2.37. The molecule has 0 saturated carbocycles. The van der Waals surface area contributed by atoms with Gasteiger partial charge < -0.3 is 10.2 Å². The van der Waals surface area contributed by atoms with Crippen LogP contribution < -0.4 is 5.32 Å². The Morgan fingerprint density at radius 1 is 1.32 bits per heavy atom. The van der Waals surface area contributed by atoms with Gasteiger partial charge in [0, 0.05) is 39.3 Å². The molecule has 0 saturated heterocycles. The molecule has 0 bridgehead atoms. The van der Waals surface area contributed by atoms with Gasteiger partial charge in [-0.15, -0.1) is 0 Å². The summed E-state index contributed by atoms with van der Waals surface area (Å²) in [5, 5.41) is 18.0. The van der Waals surface area contributed by atoms with Crippen LogP contribution >= 0.6 is 11.3 Å². The van der Waals surface area contributed by atoms with Crippen molar-refractivity contribution in [1.29, 1.82) is 0 Å². The van der Waals surface area contributed by atoms with Crippen LogP contribution in [0.3, 0.4) is 0 Å². The lowest BCUT2D eigenvalue weighted by molar-refractivity contribution is -0.384. The molecule has 0 aliphatic rings. The van der Waals surface area contributed by atoms with E-state index in [9.17, 15) is 10.1 Å². The third-order valence-electron chi connectivity index (χ3n) is 3.17. The maximum absolute atomic E-state index is 10.6. The van der Waals surface area contributed by atoms with Crippen LogP contribution in [0, 0.1) is 10.1 Å². The summed E-state index contributed by atoms with van der Waals surface area (Å²) in [4.78, 5) is 16.5. The second kappa shape index (κ2) is 7.56. The monoisotopic (exact) mass is 318 g/mol. The molecule has 1 aromatic carbocycles. The highest BCUT2D eigenvalue weighted by Gasteiger charge is 2.08. The molecule has 0 fully saturated rings. The first-order chi connectivity index (χ1) is 10.6. The summed E-state index contributed by atoms with van der Waals surface area (Å²) in [7, 11) is 3.71. The van der Waals surface area contributed by atoms with E-state index in [4.69, 9.17) is 0 Å². The van der Waals surface area contributed by atoms with Crippen molar-refractivity contribution < 1.29 is 4.92 Å². The van der Waals surface area contributed by atoms with Gasteiger partial charge in [-0.3, -0.25) is 15.1 Å². The number of non-ortho nitro benzene ring substituents is 1. The Morgan fingerprint density at radius 2 is 2.05 bits per heavy atom. The zero-order valence-electron chi connectivity index (χ0n) is 12.5. The molecule has 22 heavy (non-hydrogen) atoms. The smallest absolute Gasteiger partial charge is 0.269 e. The van der Waals surface area contributed by atoms with Gasteiger partial charge in [-0.05, 0) is 28.0 Å². The summed E-state index contributed by atoms with van der Waals surface area (Å²) in [5.41, 5.74) is 2.31. The number of hydrogen-bond donors (Lipinski definition) is 1. The van der Waals surface area contributed by atoms with Crippen molar-refractivity contribution in [3.8, 4) is 0 Å². The van der Waals surface area contributed by atoms with Crippen molar-refractivity contribution in [3.05, 3.63) is 62.3 Å². The number of hydrogen-bond acceptors (Lipinski definition) is 4. The number of nitrogens with one attached hydrogen (secondary N) is 1. The van der Waals surface area contributed by atoms with Gasteiger partial charge >= 0.3 is 0 Å². The van der Waals surface area contributed by atoms with Gasteiger partial charge in [-0.25, -0.2) is 0 Å². The molecule has 0 spiro atoms. The van der Waals surface area contributed by atoms with E-state index in [0.29, 0.717) is 6.54 Å². The van der Waals surface area contributed by atoms with Crippen LogP contribution in [-0.4, -0.2) is 29.9 Å². The summed E-state index contributed by atoms with van der Waals surface area (Å²) in [6.45, 7) is 1.35. The number of guanidine groups is 1. The predicted octanol–water partition coefficient (Wildman–Crippen LogP) is 2.86. The molecule has 6 nitrogen and oxygen atoms in total. The zero-order valence-corrected chi connectivity index (χ0v) is 13.3. The maximum Gasteiger partial charge on any atom is 0.269 e. The molecular formula is C15H18N4O2S. The number of thiophene rings is 1. The van der Waals surface area contributed by atoms with Crippen LogP contribution in [0.5, 0.6) is 0 Å². The Labute approximate surface area is 133 Å². The van der Waals surface area contributed by atoms with Crippen LogP contribution in [0.1, 0.15) is 11.1 Å². The molecule has 0 atom stereocenters. The molecule has 1 N–H and O–H groups in total. The average molecular weight is 318 g/mol. The Balaban J connectivity index is 1.91. The van der Waals surface area contributed by atoms with Crippen LogP contribution in [-0.2, 0) is 13.1 Å². The normalized spacial score (nSPS) is 11.3. The Kier molecular flexibility index (Phi) is 5.48. The highest BCUT2D eigenvalue weighted by Crippen LogP contribution is 2.12. The van der Waals surface area contributed by atoms with E-state index >= 15 is 0 Å². The van der Waals surface area contributed by atoms with Crippen molar-refractivity contribution in [1.82, 2.24) is 10.2 Å². The molecule has 1 aromatic heterocycles. The highest BCUT2D eigenvalue weighted by molar-refractivity contribution is 7.07. The molecule has 0 aliphatic heterocycles. The van der Waals surface area contributed by atoms with Gasteiger partial charge in [0.1, 0.15) is 0 Å². The number of nitro groups is 1. The average Bonchev–Trinajstić information content (AvgIpc) is 3.01. The molecule has 0 amide bonds. The van der Waals surface area contributed by atoms with E-state index in [2.05, 4.69) is 27.1 Å². The summed E-state index contributed by atoms with van der Waals surface area (Å²) >= 11 is 1.67. The van der Waals surface area contributed by atoms with E-state index in [-0.39, 0.29) is 5.69 Å². The Morgan fingerprint density at radius 3 is 2.59 bits per heavy atom. The van der Waals surface area contributed by atoms with Crippen molar-refractivity contribution in [2.75, 3.05) is 14.1 Å². The fourth-order valence-electron chi connectivity index (χ4n) is 2.03. The molecule has 0 unspecified atom stereocenters. The molecule has 2 aromatic rings. The van der Waals surface area contributed by atoms with Crippen molar-refractivity contribution in [3.63, 3.8) is 0 Å². The predicted molar refractivity (Wildman–Crippen MR) is 89.1 cm³/mol. The van der Waals surface area contributed by atoms with Crippen LogP contribution in [0.4, 0.5) is 5.69 Å². The number of benzene rings is 1. The fraction of sp³-hybridized carbons (Fsp3) is 0.267. The number of nitrogens with zero attached hydrogens (tertiary/aromatic N) is 3. The van der Waals surface area contributed by atoms with Gasteiger partial charge in [-0.2, -0.15) is 11.3 Å². The third kappa shape index (κ3) is 4.29. The molecule has 2 rings (SSSR count). The lowest BCUT2D eigenvalue weighted by Gasteiger charge is -2.21. The van der Waals surface area contributed by atoms with Gasteiger partial charge in [0.2, 0.25) is 0 Å². The summed E-state index contributed by atoms with van der Waals surface area (Å²) in [6.07, 6.45) is 0. The third-order valence-corrected chi connectivity index (χ3v) is 3.90. The van der Waals surface area contributed by atoms with Crippen molar-refractivity contribution >= 4 is 23.0 Å². The second-order valence-corrected chi connectivity index (χ2v) is 5.59. The molecule has 116 valence electrons. The van der Waals surface area contributed by atoms with Gasteiger partial charge in [-0.1, -0.05) is 12.1 Å². The van der Waals surface area contributed by atoms with Gasteiger partial charge in [0.25, 0.3) is 5.69 Å². The summed E-state index contributed by atoms with van der Waals surface area (Å²) in [5.74, 6) is 0.782. The molecule has 1 heterocycles. The molecule has 7 heteroatoms. The molecular weight excluding hydrogens is 300 g/mol. The Hall–Kier alpha value is -2.41. The van der Waals surface area contributed by atoms with E-state index in [1.165, 1.54) is 17.7 Å². The first-order valence-electron chi connectivity index (χ1n) is 6.76. The first-order valence-corrected chi connectivity index (χ1v) is 7.70. The largest absolute Gasteiger partial charge is 0.352 e. The van der Waals surface area contributed by atoms with Crippen molar-refractivity contribution in [2.24, 2.45) is 4.99 Å². The van der Waals surface area contributed by atoms with Gasteiger partial charge in [0.15, 0.2) is 5.96 Å². The highest BCUT2D eigenvalue weighted by atomic mass is 32.1. The van der Waals surface area contributed by atoms with Crippen LogP contribution in [0.2, 0.25) is 0 Å². The zero-order chi connectivity index (χ0) is 15.9. The van der Waals surface area contributed by atoms with E-state index in [1.807, 2.05) is 11.9 Å². The van der Waals surface area contributed by atoms with Gasteiger partial charge in [0.05, 0.1) is 4.92 Å². The van der Waals surface area contributed by atoms with Crippen LogP contribution in [0.25, 0.3) is 0 Å². The van der Waals surface area contributed by atoms with Crippen molar-refractivity contribution in [2.45, 2.75) is 13.1 Å². The summed E-state index contributed by atoms with van der Waals surface area (Å²) in [6, 6.07) is 8.60. The minimum absolute atomic E-state index is 0.0997. The maximum atomic E-state index is 10.6. The minimum Gasteiger partial charge on any atom is -0.352 e. The van der Waals surface area contributed by atoms with E-state index < -0.39 is 4.92 Å². The summed E-state index contributed by atoms with van der Waals surface area (Å²) < 4.78 is 0. The quantitative estimate of drug-likeness (QED) is 0.398. The number of rotatable bonds is 5. The second-order valence-electron chi connectivity index (χ2n) is 4.81. The lowest BCUT2D eigenvalue weighted by atomic mass is 10.2. The standard InChI is InChI=1S/C15H18N4O2S/c1-16-15(18(2)10-13-7-8-22-11-13)17-9-12-3-5-14(6-4-12)19(20)21/h3-8,11H,9-10H2,1-2H3,(H,16,17). The number of nitro benzene ring substituents is 1. The topological polar surface area (TPSA) is 70.8 Å². The fourth-order valence-corrected chi connectivity index (χ4v) is 2.69. The Bertz CT molecular complexity index is 638. The van der Waals surface area contributed by atoms with Crippen LogP contribution in [0.15, 0.2) is 46.1 Å². The SMILES string of the molecule is CN=C(NCc1ccc([N+](=O)[O-])cc1)N(C)Cc1ccsc1. The molecule has 0 aliphatic carbocycles. The first kappa shape index (κ1) is 16.0. The number of aliphatic imine (C=N–C) groups is 1.